The van der Waals surface area contributed by atoms with Crippen molar-refractivity contribution in [1.82, 2.24) is 20.5 Å². The number of rotatable bonds is 3. The molecule has 7 heteroatoms. The molecule has 130 valence electrons. The van der Waals surface area contributed by atoms with E-state index < -0.39 is 0 Å². The van der Waals surface area contributed by atoms with Gasteiger partial charge in [-0.2, -0.15) is 0 Å². The van der Waals surface area contributed by atoms with Crippen LogP contribution >= 0.6 is 0 Å². The van der Waals surface area contributed by atoms with Gasteiger partial charge in [0.25, 0.3) is 5.91 Å². The molecule has 25 heavy (non-hydrogen) atoms. The van der Waals surface area contributed by atoms with Crippen molar-refractivity contribution < 1.29 is 14.0 Å². The Balaban J connectivity index is 1.44. The maximum absolute atomic E-state index is 13.0. The van der Waals surface area contributed by atoms with Gasteiger partial charge in [0.05, 0.1) is 17.9 Å². The highest BCUT2D eigenvalue weighted by atomic mass is 19.1. The fraction of sp³-hybridized carbons (Fsp3) is 0.278. The Hall–Kier alpha value is -2.80. The molecule has 4 rings (SSSR count). The highest BCUT2D eigenvalue weighted by Crippen LogP contribution is 2.24. The van der Waals surface area contributed by atoms with E-state index in [1.807, 2.05) is 34.4 Å². The molecule has 0 saturated carbocycles. The second kappa shape index (κ2) is 6.60. The molecule has 0 aliphatic carbocycles. The molecule has 2 aliphatic rings. The molecule has 0 unspecified atom stereocenters. The molecule has 6 nitrogen and oxygen atoms in total. The van der Waals surface area contributed by atoms with Crippen LogP contribution in [0.5, 0.6) is 0 Å². The van der Waals surface area contributed by atoms with Gasteiger partial charge in [0.1, 0.15) is 5.82 Å². The topological polar surface area (TPSA) is 60.6 Å². The van der Waals surface area contributed by atoms with Gasteiger partial charge >= 0.3 is 0 Å². The van der Waals surface area contributed by atoms with Crippen molar-refractivity contribution >= 4 is 11.7 Å². The van der Waals surface area contributed by atoms with Gasteiger partial charge in [-0.3, -0.25) is 9.80 Å². The lowest BCUT2D eigenvalue weighted by Crippen LogP contribution is -2.50. The van der Waals surface area contributed by atoms with Crippen LogP contribution in [-0.2, 0) is 4.84 Å². The zero-order chi connectivity index (χ0) is 17.2. The number of piperidine rings is 1. The van der Waals surface area contributed by atoms with Crippen LogP contribution in [0.3, 0.4) is 0 Å². The summed E-state index contributed by atoms with van der Waals surface area (Å²) in [7, 11) is 0. The fourth-order valence-electron chi connectivity index (χ4n) is 3.21. The van der Waals surface area contributed by atoms with Crippen LogP contribution in [0.2, 0.25) is 0 Å². The monoisotopic (exact) mass is 342 g/mol. The van der Waals surface area contributed by atoms with E-state index in [0.717, 1.165) is 18.5 Å². The average molecular weight is 342 g/mol. The van der Waals surface area contributed by atoms with Crippen molar-refractivity contribution in [2.75, 3.05) is 13.1 Å². The van der Waals surface area contributed by atoms with Crippen molar-refractivity contribution in [2.24, 2.45) is 0 Å². The number of halogens is 1. The van der Waals surface area contributed by atoms with Crippen molar-refractivity contribution in [3.63, 3.8) is 0 Å². The molecule has 2 aliphatic heterocycles. The van der Waals surface area contributed by atoms with Crippen LogP contribution < -0.4 is 5.59 Å². The Bertz CT molecular complexity index is 773. The Morgan fingerprint density at radius 2 is 2.08 bits per heavy atom. The van der Waals surface area contributed by atoms with Crippen molar-refractivity contribution in [3.05, 3.63) is 65.9 Å². The first-order valence-electron chi connectivity index (χ1n) is 8.32. The van der Waals surface area contributed by atoms with Gasteiger partial charge in [0, 0.05) is 24.8 Å². The number of aromatic amines is 1. The van der Waals surface area contributed by atoms with Gasteiger partial charge in [-0.1, -0.05) is 5.59 Å². The number of benzene rings is 1. The van der Waals surface area contributed by atoms with E-state index in [1.165, 1.54) is 24.3 Å². The molecule has 1 atom stereocenters. The molecule has 2 aromatic rings. The van der Waals surface area contributed by atoms with E-state index in [-0.39, 0.29) is 17.8 Å². The Morgan fingerprint density at radius 3 is 2.84 bits per heavy atom. The highest BCUT2D eigenvalue weighted by Gasteiger charge is 2.30. The van der Waals surface area contributed by atoms with E-state index in [9.17, 15) is 9.18 Å². The summed E-state index contributed by atoms with van der Waals surface area (Å²) in [4.78, 5) is 23.1. The number of amides is 1. The molecule has 3 heterocycles. The van der Waals surface area contributed by atoms with E-state index in [4.69, 9.17) is 4.84 Å². The van der Waals surface area contributed by atoms with Crippen molar-refractivity contribution in [1.29, 1.82) is 0 Å². The van der Waals surface area contributed by atoms with Gasteiger partial charge in [-0.25, -0.2) is 4.39 Å². The fourth-order valence-corrected chi connectivity index (χ4v) is 3.21. The minimum Gasteiger partial charge on any atom is -0.385 e. The maximum atomic E-state index is 13.0. The first kappa shape index (κ1) is 15.7. The summed E-state index contributed by atoms with van der Waals surface area (Å²) in [5.74, 6) is 0.304. The van der Waals surface area contributed by atoms with E-state index in [2.05, 4.69) is 10.6 Å². The zero-order valence-corrected chi connectivity index (χ0v) is 13.6. The smallest absolute Gasteiger partial charge is 0.253 e. The molecular formula is C18H19FN4O2. The Morgan fingerprint density at radius 1 is 1.24 bits per heavy atom. The predicted octanol–water partition coefficient (Wildman–Crippen LogP) is 2.51. The molecule has 1 aromatic heterocycles. The van der Waals surface area contributed by atoms with Crippen molar-refractivity contribution in [3.8, 4) is 0 Å². The van der Waals surface area contributed by atoms with Crippen molar-refractivity contribution in [2.45, 2.75) is 18.9 Å². The summed E-state index contributed by atoms with van der Waals surface area (Å²) < 4.78 is 13.0. The number of H-pyrrole nitrogens is 1. The van der Waals surface area contributed by atoms with Crippen LogP contribution in [0.25, 0.3) is 5.76 Å². The molecule has 0 radical (unpaired) electrons. The standard InChI is InChI=1S/C18H19FN4O2/c19-14-7-5-13(6-8-14)18(24)22-10-2-3-15(11-22)23-12-17(25-21-23)16-4-1-9-20-16/h1,4-9,12,15,20-21H,2-3,10-11H2/t15-/m0/s1. The quantitative estimate of drug-likeness (QED) is 0.900. The predicted molar refractivity (Wildman–Crippen MR) is 90.2 cm³/mol. The number of hydrogen-bond donors (Lipinski definition) is 2. The lowest BCUT2D eigenvalue weighted by atomic mass is 10.0. The van der Waals surface area contributed by atoms with Gasteiger partial charge in [0.2, 0.25) is 0 Å². The largest absolute Gasteiger partial charge is 0.385 e. The van der Waals surface area contributed by atoms with Crippen LogP contribution in [0, 0.1) is 5.82 Å². The molecule has 1 fully saturated rings. The number of likely N-dealkylation sites (tertiary alicyclic amines) is 1. The second-order valence-corrected chi connectivity index (χ2v) is 6.23. The maximum Gasteiger partial charge on any atom is 0.253 e. The summed E-state index contributed by atoms with van der Waals surface area (Å²) >= 11 is 0. The molecule has 0 spiro atoms. The Kier molecular flexibility index (Phi) is 4.15. The molecule has 2 N–H and O–H groups in total. The number of carbonyl (C=O) groups excluding carboxylic acids is 1. The normalized spacial score (nSPS) is 20.4. The third-order valence-electron chi connectivity index (χ3n) is 4.55. The van der Waals surface area contributed by atoms with Crippen LogP contribution in [0.15, 0.2) is 48.8 Å². The minimum absolute atomic E-state index is 0.0709. The summed E-state index contributed by atoms with van der Waals surface area (Å²) in [5.41, 5.74) is 4.31. The summed E-state index contributed by atoms with van der Waals surface area (Å²) in [5, 5.41) is 1.90. The molecule has 1 saturated heterocycles. The second-order valence-electron chi connectivity index (χ2n) is 6.23. The number of hydrogen-bond acceptors (Lipinski definition) is 4. The van der Waals surface area contributed by atoms with Gasteiger partial charge in [-0.15, -0.1) is 0 Å². The van der Waals surface area contributed by atoms with E-state index in [1.54, 1.807) is 0 Å². The molecular weight excluding hydrogens is 323 g/mol. The molecule has 0 bridgehead atoms. The van der Waals surface area contributed by atoms with E-state index >= 15 is 0 Å². The SMILES string of the molecule is O=C(c1ccc(F)cc1)N1CCC[C@H](N2C=C(c3ccc[nH]3)ON2)C1. The number of carbonyl (C=O) groups is 1. The first-order valence-corrected chi connectivity index (χ1v) is 8.32. The summed E-state index contributed by atoms with van der Waals surface area (Å²) in [6.07, 6.45) is 5.60. The third kappa shape index (κ3) is 3.23. The number of aromatic nitrogens is 1. The minimum atomic E-state index is -0.339. The van der Waals surface area contributed by atoms with Crippen LogP contribution in [0.1, 0.15) is 28.9 Å². The third-order valence-corrected chi connectivity index (χ3v) is 4.55. The lowest BCUT2D eigenvalue weighted by molar-refractivity contribution is -0.00252. The average Bonchev–Trinajstić information content (AvgIpc) is 3.33. The highest BCUT2D eigenvalue weighted by molar-refractivity contribution is 5.94. The summed E-state index contributed by atoms with van der Waals surface area (Å²) in [6.45, 7) is 1.29. The summed E-state index contributed by atoms with van der Waals surface area (Å²) in [6, 6.07) is 9.65. The van der Waals surface area contributed by atoms with Gasteiger partial charge in [0.15, 0.2) is 5.76 Å². The van der Waals surface area contributed by atoms with Crippen LogP contribution in [-0.4, -0.2) is 39.9 Å². The Labute approximate surface area is 144 Å². The number of nitrogens with zero attached hydrogens (tertiary/aromatic N) is 2. The zero-order valence-electron chi connectivity index (χ0n) is 13.6. The number of hydrazine groups is 1. The molecule has 1 aromatic carbocycles. The van der Waals surface area contributed by atoms with Gasteiger partial charge in [-0.05, 0) is 49.2 Å². The first-order chi connectivity index (χ1) is 12.2. The molecule has 1 amide bonds. The van der Waals surface area contributed by atoms with Crippen LogP contribution in [0.4, 0.5) is 4.39 Å². The lowest BCUT2D eigenvalue weighted by Gasteiger charge is -2.36. The van der Waals surface area contributed by atoms with E-state index in [0.29, 0.717) is 24.4 Å². The van der Waals surface area contributed by atoms with Gasteiger partial charge < -0.3 is 14.7 Å². The number of nitrogens with one attached hydrogen (secondary N) is 2.